The predicted octanol–water partition coefficient (Wildman–Crippen LogP) is 1.66. The lowest BCUT2D eigenvalue weighted by atomic mass is 9.96. The zero-order chi connectivity index (χ0) is 14.4. The first-order valence-corrected chi connectivity index (χ1v) is 6.95. The van der Waals surface area contributed by atoms with E-state index in [1.54, 1.807) is 6.08 Å². The zero-order valence-electron chi connectivity index (χ0n) is 11.5. The quantitative estimate of drug-likeness (QED) is 0.777. The van der Waals surface area contributed by atoms with Gasteiger partial charge in [-0.15, -0.1) is 6.58 Å². The van der Waals surface area contributed by atoms with E-state index in [1.165, 1.54) is 0 Å². The van der Waals surface area contributed by atoms with Crippen LogP contribution in [0.1, 0.15) is 18.4 Å². The van der Waals surface area contributed by atoms with Crippen molar-refractivity contribution in [1.29, 1.82) is 0 Å². The van der Waals surface area contributed by atoms with E-state index in [2.05, 4.69) is 6.58 Å². The van der Waals surface area contributed by atoms with Crippen LogP contribution in [0.5, 0.6) is 0 Å². The van der Waals surface area contributed by atoms with Gasteiger partial charge in [-0.2, -0.15) is 0 Å². The zero-order valence-corrected chi connectivity index (χ0v) is 11.5. The molecule has 0 aromatic heterocycles. The first-order valence-electron chi connectivity index (χ1n) is 6.95. The molecule has 4 nitrogen and oxygen atoms in total. The first-order chi connectivity index (χ1) is 9.70. The summed E-state index contributed by atoms with van der Waals surface area (Å²) in [4.78, 5) is 0. The van der Waals surface area contributed by atoms with Crippen LogP contribution in [0.3, 0.4) is 0 Å². The van der Waals surface area contributed by atoms with Gasteiger partial charge in [0.15, 0.2) is 0 Å². The number of hydrogen-bond acceptors (Lipinski definition) is 4. The summed E-state index contributed by atoms with van der Waals surface area (Å²) in [5.74, 6) is 0. The monoisotopic (exact) mass is 278 g/mol. The smallest absolute Gasteiger partial charge is 0.106 e. The maximum Gasteiger partial charge on any atom is 0.106 e. The maximum atomic E-state index is 9.84. The van der Waals surface area contributed by atoms with Crippen molar-refractivity contribution in [1.82, 2.24) is 0 Å². The van der Waals surface area contributed by atoms with Crippen LogP contribution in [0.15, 0.2) is 43.0 Å². The molecule has 1 aliphatic heterocycles. The molecule has 0 saturated carbocycles. The van der Waals surface area contributed by atoms with Gasteiger partial charge in [-0.3, -0.25) is 0 Å². The second kappa shape index (κ2) is 7.55. The Bertz CT molecular complexity index is 406. The van der Waals surface area contributed by atoms with E-state index < -0.39 is 18.3 Å². The highest BCUT2D eigenvalue weighted by Gasteiger charge is 2.35. The van der Waals surface area contributed by atoms with E-state index in [0.717, 1.165) is 5.56 Å². The fraction of sp³-hybridized carbons (Fsp3) is 0.500. The van der Waals surface area contributed by atoms with Crippen molar-refractivity contribution in [2.45, 2.75) is 43.9 Å². The van der Waals surface area contributed by atoms with E-state index in [0.29, 0.717) is 26.1 Å². The highest BCUT2D eigenvalue weighted by Crippen LogP contribution is 2.23. The van der Waals surface area contributed by atoms with Crippen molar-refractivity contribution in [3.63, 3.8) is 0 Å². The fourth-order valence-electron chi connectivity index (χ4n) is 2.39. The van der Waals surface area contributed by atoms with Crippen molar-refractivity contribution in [3.05, 3.63) is 48.6 Å². The van der Waals surface area contributed by atoms with E-state index >= 15 is 0 Å². The molecule has 0 amide bonds. The number of hydrogen-bond donors (Lipinski definition) is 2. The van der Waals surface area contributed by atoms with Crippen LogP contribution in [0.2, 0.25) is 0 Å². The van der Waals surface area contributed by atoms with Crippen molar-refractivity contribution < 1.29 is 19.7 Å². The summed E-state index contributed by atoms with van der Waals surface area (Å²) in [6.07, 6.45) is 0.395. The second-order valence-electron chi connectivity index (χ2n) is 5.12. The summed E-state index contributed by atoms with van der Waals surface area (Å²) < 4.78 is 11.4. The van der Waals surface area contributed by atoms with Crippen LogP contribution in [-0.2, 0) is 16.1 Å². The van der Waals surface area contributed by atoms with Crippen molar-refractivity contribution in [2.75, 3.05) is 6.61 Å². The van der Waals surface area contributed by atoms with Crippen molar-refractivity contribution in [3.8, 4) is 0 Å². The van der Waals surface area contributed by atoms with Gasteiger partial charge in [0.25, 0.3) is 0 Å². The number of ether oxygens (including phenoxy) is 2. The third kappa shape index (κ3) is 4.15. The third-order valence-corrected chi connectivity index (χ3v) is 3.46. The molecule has 4 heteroatoms. The lowest BCUT2D eigenvalue weighted by Gasteiger charge is -2.36. The number of benzene rings is 1. The molecule has 1 saturated heterocycles. The molecule has 1 heterocycles. The van der Waals surface area contributed by atoms with Gasteiger partial charge in [0.2, 0.25) is 0 Å². The molecule has 0 radical (unpaired) electrons. The molecule has 1 aromatic carbocycles. The van der Waals surface area contributed by atoms with Crippen LogP contribution in [-0.4, -0.2) is 41.2 Å². The standard InChI is InChI=1S/C16H22O4/c1-2-6-15-16(18)14(17)9-13(20-15)11-19-10-12-7-4-3-5-8-12/h2-5,7-8,13-18H,1,6,9-11H2/t13-,14-,15+,16-/m1/s1. The summed E-state index contributed by atoms with van der Waals surface area (Å²) in [6, 6.07) is 9.90. The molecule has 0 aliphatic carbocycles. The van der Waals surface area contributed by atoms with E-state index in [1.807, 2.05) is 30.3 Å². The van der Waals surface area contributed by atoms with Crippen LogP contribution in [0.4, 0.5) is 0 Å². The summed E-state index contributed by atoms with van der Waals surface area (Å²) >= 11 is 0. The molecule has 2 rings (SSSR count). The van der Waals surface area contributed by atoms with E-state index in [-0.39, 0.29) is 6.10 Å². The highest BCUT2D eigenvalue weighted by atomic mass is 16.5. The minimum atomic E-state index is -0.849. The summed E-state index contributed by atoms with van der Waals surface area (Å²) in [5, 5.41) is 19.7. The first kappa shape index (κ1) is 15.2. The summed E-state index contributed by atoms with van der Waals surface area (Å²) in [7, 11) is 0. The number of rotatable bonds is 6. The van der Waals surface area contributed by atoms with Crippen molar-refractivity contribution in [2.24, 2.45) is 0 Å². The lowest BCUT2D eigenvalue weighted by molar-refractivity contribution is -0.180. The summed E-state index contributed by atoms with van der Waals surface area (Å²) in [5.41, 5.74) is 1.10. The molecular formula is C16H22O4. The Balaban J connectivity index is 1.79. The average molecular weight is 278 g/mol. The minimum Gasteiger partial charge on any atom is -0.390 e. The lowest BCUT2D eigenvalue weighted by Crippen LogP contribution is -2.49. The fourth-order valence-corrected chi connectivity index (χ4v) is 2.39. The molecule has 0 unspecified atom stereocenters. The van der Waals surface area contributed by atoms with Gasteiger partial charge in [0, 0.05) is 6.42 Å². The number of aliphatic hydroxyl groups is 2. The molecule has 110 valence electrons. The van der Waals surface area contributed by atoms with Crippen molar-refractivity contribution >= 4 is 0 Å². The van der Waals surface area contributed by atoms with Gasteiger partial charge in [-0.25, -0.2) is 0 Å². The normalized spacial score (nSPS) is 30.1. The third-order valence-electron chi connectivity index (χ3n) is 3.46. The van der Waals surface area contributed by atoms with Gasteiger partial charge >= 0.3 is 0 Å². The Morgan fingerprint density at radius 3 is 2.75 bits per heavy atom. The molecular weight excluding hydrogens is 256 g/mol. The Hall–Kier alpha value is -1.20. The topological polar surface area (TPSA) is 58.9 Å². The maximum absolute atomic E-state index is 9.84. The van der Waals surface area contributed by atoms with Gasteiger partial charge in [-0.05, 0) is 12.0 Å². The second-order valence-corrected chi connectivity index (χ2v) is 5.12. The van der Waals surface area contributed by atoms with Crippen LogP contribution in [0, 0.1) is 0 Å². The van der Waals surface area contributed by atoms with E-state index in [9.17, 15) is 10.2 Å². The predicted molar refractivity (Wildman–Crippen MR) is 76.2 cm³/mol. The SMILES string of the molecule is C=CC[C@@H]1O[C@@H](COCc2ccccc2)C[C@@H](O)[C@H]1O. The molecule has 1 aliphatic rings. The van der Waals surface area contributed by atoms with E-state index in [4.69, 9.17) is 9.47 Å². The van der Waals surface area contributed by atoms with Crippen LogP contribution in [0.25, 0.3) is 0 Å². The number of aliphatic hydroxyl groups excluding tert-OH is 2. The summed E-state index contributed by atoms with van der Waals surface area (Å²) in [6.45, 7) is 4.57. The molecule has 4 atom stereocenters. The van der Waals surface area contributed by atoms with Gasteiger partial charge in [-0.1, -0.05) is 36.4 Å². The Kier molecular flexibility index (Phi) is 5.73. The molecule has 2 N–H and O–H groups in total. The molecule has 1 fully saturated rings. The molecule has 20 heavy (non-hydrogen) atoms. The molecule has 1 aromatic rings. The molecule has 0 bridgehead atoms. The Labute approximate surface area is 119 Å². The van der Waals surface area contributed by atoms with Crippen LogP contribution < -0.4 is 0 Å². The average Bonchev–Trinajstić information content (AvgIpc) is 2.45. The highest BCUT2D eigenvalue weighted by molar-refractivity contribution is 5.13. The largest absolute Gasteiger partial charge is 0.390 e. The van der Waals surface area contributed by atoms with Gasteiger partial charge < -0.3 is 19.7 Å². The van der Waals surface area contributed by atoms with Gasteiger partial charge in [0.05, 0.1) is 31.5 Å². The minimum absolute atomic E-state index is 0.193. The molecule has 0 spiro atoms. The van der Waals surface area contributed by atoms with Crippen LogP contribution >= 0.6 is 0 Å². The Morgan fingerprint density at radius 1 is 1.30 bits per heavy atom. The Morgan fingerprint density at radius 2 is 2.05 bits per heavy atom. The van der Waals surface area contributed by atoms with Gasteiger partial charge in [0.1, 0.15) is 6.10 Å².